The van der Waals surface area contributed by atoms with Crippen LogP contribution < -0.4 is 27.4 Å². The van der Waals surface area contributed by atoms with Crippen LogP contribution in [0.1, 0.15) is 50.2 Å². The van der Waals surface area contributed by atoms with E-state index in [1.807, 2.05) is 0 Å². The first-order valence-corrected chi connectivity index (χ1v) is 14.0. The fourth-order valence-electron chi connectivity index (χ4n) is 5.00. The van der Waals surface area contributed by atoms with Crippen LogP contribution in [0.2, 0.25) is 0 Å². The number of carbonyl (C=O) groups excluding carboxylic acids is 2. The van der Waals surface area contributed by atoms with Crippen LogP contribution in [0.5, 0.6) is 0 Å². The molecule has 3 heterocycles. The lowest BCUT2D eigenvalue weighted by Crippen LogP contribution is -2.62. The normalized spacial score (nSPS) is 30.7. The van der Waals surface area contributed by atoms with E-state index in [0.717, 1.165) is 0 Å². The SMILES string of the molecule is CNC1C(C)OC(OC2CCC(n3cc(NC(=O)c4ccc(NC(=O)C(C)(N)CO)cc4)cnc3=O)OC2C)C(O)C1O. The van der Waals surface area contributed by atoms with E-state index < -0.39 is 78.7 Å². The highest BCUT2D eigenvalue weighted by Crippen LogP contribution is 2.31. The number of aliphatic hydroxyl groups excluding tert-OH is 3. The molecule has 0 spiro atoms. The fraction of sp³-hybridized carbons (Fsp3) is 0.571. The number of benzene rings is 1. The maximum absolute atomic E-state index is 12.9. The number of anilines is 2. The quantitative estimate of drug-likeness (QED) is 0.189. The van der Waals surface area contributed by atoms with Crippen LogP contribution in [0.4, 0.5) is 11.4 Å². The number of ether oxygens (including phenoxy) is 3. The van der Waals surface area contributed by atoms with Gasteiger partial charge in [-0.05, 0) is 64.9 Å². The molecule has 9 unspecified atom stereocenters. The molecule has 1 aromatic carbocycles. The Morgan fingerprint density at radius 3 is 2.42 bits per heavy atom. The molecule has 2 amide bonds. The number of carbonyl (C=O) groups is 2. The highest BCUT2D eigenvalue weighted by molar-refractivity contribution is 6.04. The minimum atomic E-state index is -1.45. The van der Waals surface area contributed by atoms with Crippen molar-refractivity contribution in [2.45, 2.75) is 88.2 Å². The predicted octanol–water partition coefficient (Wildman–Crippen LogP) is -0.719. The summed E-state index contributed by atoms with van der Waals surface area (Å²) in [5.41, 5.74) is 4.65. The third-order valence-electron chi connectivity index (χ3n) is 7.72. The maximum Gasteiger partial charge on any atom is 0.349 e. The third kappa shape index (κ3) is 7.45. The molecule has 2 aliphatic rings. The summed E-state index contributed by atoms with van der Waals surface area (Å²) in [5.74, 6) is -1.05. The Labute approximate surface area is 248 Å². The number of hydrogen-bond donors (Lipinski definition) is 7. The molecule has 236 valence electrons. The van der Waals surface area contributed by atoms with E-state index in [2.05, 4.69) is 20.9 Å². The number of nitrogens with zero attached hydrogens (tertiary/aromatic N) is 2. The standard InChI is InChI=1S/C28H40N6O9/c1-14-19(43-25-23(37)22(36)21(30-4)15(2)42-25)9-10-20(41-14)34-12-18(11-31-27(34)40)32-24(38)16-5-7-17(8-6-16)33-26(39)28(3,29)13-35/h5-8,11-12,14-15,19-23,25,30,35-37H,9-10,13,29H2,1-4H3,(H,32,38)(H,33,39). The molecule has 43 heavy (non-hydrogen) atoms. The summed E-state index contributed by atoms with van der Waals surface area (Å²) in [5, 5.41) is 38.4. The van der Waals surface area contributed by atoms with Gasteiger partial charge in [0.15, 0.2) is 6.29 Å². The Kier molecular flexibility index (Phi) is 10.3. The zero-order valence-corrected chi connectivity index (χ0v) is 24.5. The van der Waals surface area contributed by atoms with Crippen molar-refractivity contribution < 1.29 is 39.1 Å². The van der Waals surface area contributed by atoms with Gasteiger partial charge in [0, 0.05) is 17.4 Å². The van der Waals surface area contributed by atoms with Crippen molar-refractivity contribution in [1.29, 1.82) is 0 Å². The van der Waals surface area contributed by atoms with Gasteiger partial charge in [-0.25, -0.2) is 4.79 Å². The number of aliphatic hydroxyl groups is 3. The molecule has 2 saturated heterocycles. The average Bonchev–Trinajstić information content (AvgIpc) is 2.98. The minimum Gasteiger partial charge on any atom is -0.394 e. The summed E-state index contributed by atoms with van der Waals surface area (Å²) in [6.07, 6.45) is -1.90. The van der Waals surface area contributed by atoms with Crippen LogP contribution in [-0.2, 0) is 19.0 Å². The number of likely N-dealkylation sites (N-methyl/N-ethyl adjacent to an activating group) is 1. The van der Waals surface area contributed by atoms with Crippen LogP contribution in [-0.4, -0.2) is 98.7 Å². The summed E-state index contributed by atoms with van der Waals surface area (Å²) < 4.78 is 19.2. The molecular formula is C28H40N6O9. The number of amides is 2. The Bertz CT molecular complexity index is 1340. The Morgan fingerprint density at radius 1 is 1.09 bits per heavy atom. The Hall–Kier alpha value is -3.28. The van der Waals surface area contributed by atoms with Gasteiger partial charge in [-0.15, -0.1) is 0 Å². The van der Waals surface area contributed by atoms with Crippen molar-refractivity contribution in [3.63, 3.8) is 0 Å². The second-order valence-corrected chi connectivity index (χ2v) is 11.1. The molecule has 0 bridgehead atoms. The van der Waals surface area contributed by atoms with Crippen LogP contribution in [0.25, 0.3) is 0 Å². The second-order valence-electron chi connectivity index (χ2n) is 11.1. The van der Waals surface area contributed by atoms with E-state index >= 15 is 0 Å². The molecule has 0 saturated carbocycles. The zero-order chi connectivity index (χ0) is 31.5. The number of aromatic nitrogens is 2. The van der Waals surface area contributed by atoms with Crippen molar-refractivity contribution in [2.24, 2.45) is 5.73 Å². The smallest absolute Gasteiger partial charge is 0.349 e. The second kappa shape index (κ2) is 13.6. The van der Waals surface area contributed by atoms with E-state index in [1.165, 1.54) is 48.1 Å². The van der Waals surface area contributed by atoms with Crippen molar-refractivity contribution >= 4 is 23.2 Å². The number of hydrogen-bond acceptors (Lipinski definition) is 12. The summed E-state index contributed by atoms with van der Waals surface area (Å²) in [6, 6.07) is 5.59. The van der Waals surface area contributed by atoms with E-state index in [1.54, 1.807) is 20.9 Å². The molecular weight excluding hydrogens is 564 g/mol. The van der Waals surface area contributed by atoms with Crippen molar-refractivity contribution in [2.75, 3.05) is 24.3 Å². The highest BCUT2D eigenvalue weighted by atomic mass is 16.7. The molecule has 2 fully saturated rings. The molecule has 4 rings (SSSR count). The lowest BCUT2D eigenvalue weighted by Gasteiger charge is -2.44. The summed E-state index contributed by atoms with van der Waals surface area (Å²) in [6.45, 7) is 4.42. The predicted molar refractivity (Wildman–Crippen MR) is 154 cm³/mol. The van der Waals surface area contributed by atoms with Gasteiger partial charge >= 0.3 is 5.69 Å². The monoisotopic (exact) mass is 604 g/mol. The molecule has 15 heteroatoms. The molecule has 1 aromatic heterocycles. The molecule has 2 aliphatic heterocycles. The van der Waals surface area contributed by atoms with Gasteiger partial charge < -0.3 is 51.2 Å². The van der Waals surface area contributed by atoms with Crippen LogP contribution in [0.3, 0.4) is 0 Å². The van der Waals surface area contributed by atoms with Crippen LogP contribution in [0, 0.1) is 0 Å². The van der Waals surface area contributed by atoms with Gasteiger partial charge in [-0.3, -0.25) is 14.2 Å². The van der Waals surface area contributed by atoms with Gasteiger partial charge in [0.2, 0.25) is 5.91 Å². The molecule has 2 aromatic rings. The van der Waals surface area contributed by atoms with Gasteiger partial charge in [-0.2, -0.15) is 4.98 Å². The topological polar surface area (TPSA) is 220 Å². The van der Waals surface area contributed by atoms with Crippen molar-refractivity contribution in [1.82, 2.24) is 14.9 Å². The van der Waals surface area contributed by atoms with Crippen LogP contribution in [0.15, 0.2) is 41.5 Å². The van der Waals surface area contributed by atoms with Gasteiger partial charge in [0.05, 0.1) is 42.8 Å². The van der Waals surface area contributed by atoms with Gasteiger partial charge in [0.25, 0.3) is 5.91 Å². The molecule has 15 nitrogen and oxygen atoms in total. The third-order valence-corrected chi connectivity index (χ3v) is 7.72. The van der Waals surface area contributed by atoms with Crippen molar-refractivity contribution in [3.8, 4) is 0 Å². The maximum atomic E-state index is 12.9. The largest absolute Gasteiger partial charge is 0.394 e. The van der Waals surface area contributed by atoms with E-state index in [0.29, 0.717) is 18.5 Å². The van der Waals surface area contributed by atoms with Gasteiger partial charge in [-0.1, -0.05) is 0 Å². The summed E-state index contributed by atoms with van der Waals surface area (Å²) in [4.78, 5) is 41.5. The summed E-state index contributed by atoms with van der Waals surface area (Å²) in [7, 11) is 1.68. The lowest BCUT2D eigenvalue weighted by molar-refractivity contribution is -0.303. The molecule has 0 aliphatic carbocycles. The Morgan fingerprint density at radius 2 is 1.79 bits per heavy atom. The minimum absolute atomic E-state index is 0.263. The first-order chi connectivity index (χ1) is 20.3. The van der Waals surface area contributed by atoms with E-state index in [9.17, 15) is 29.7 Å². The average molecular weight is 605 g/mol. The van der Waals surface area contributed by atoms with Gasteiger partial charge in [0.1, 0.15) is 24.0 Å². The highest BCUT2D eigenvalue weighted by Gasteiger charge is 2.44. The fourth-order valence-corrected chi connectivity index (χ4v) is 5.00. The number of nitrogens with two attached hydrogens (primary N) is 1. The number of rotatable bonds is 9. The molecule has 9 atom stereocenters. The Balaban J connectivity index is 1.36. The van der Waals surface area contributed by atoms with Crippen LogP contribution >= 0.6 is 0 Å². The first-order valence-electron chi connectivity index (χ1n) is 14.0. The number of nitrogens with one attached hydrogen (secondary N) is 3. The molecule has 8 N–H and O–H groups in total. The lowest BCUT2D eigenvalue weighted by atomic mass is 9.97. The zero-order valence-electron chi connectivity index (χ0n) is 24.5. The van der Waals surface area contributed by atoms with Crippen molar-refractivity contribution in [3.05, 3.63) is 52.7 Å². The summed E-state index contributed by atoms with van der Waals surface area (Å²) >= 11 is 0. The van der Waals surface area contributed by atoms with E-state index in [-0.39, 0.29) is 11.3 Å². The van der Waals surface area contributed by atoms with E-state index in [4.69, 9.17) is 19.9 Å². The first kappa shape index (κ1) is 32.6. The molecule has 0 radical (unpaired) electrons.